The Balaban J connectivity index is 0.00000170. The van der Waals surface area contributed by atoms with Crippen LogP contribution in [0.5, 0.6) is 0 Å². The number of unbranched alkanes of at least 4 members (excludes halogenated alkanes) is 6. The van der Waals surface area contributed by atoms with E-state index in [2.05, 4.69) is 106 Å². The van der Waals surface area contributed by atoms with Gasteiger partial charge in [0.15, 0.2) is 0 Å². The molecule has 1 aliphatic heterocycles. The molecule has 1 aliphatic rings. The van der Waals surface area contributed by atoms with Crippen LogP contribution in [0.2, 0.25) is 0 Å². The fraction of sp³-hybridized carbons (Fsp3) is 0.529. The maximum absolute atomic E-state index is 11.4. The van der Waals surface area contributed by atoms with Crippen LogP contribution in [0, 0.1) is 20.8 Å². The molecule has 0 aliphatic carbocycles. The summed E-state index contributed by atoms with van der Waals surface area (Å²) in [6.45, 7) is 13.3. The first-order valence-electron chi connectivity index (χ1n) is 14.8. The van der Waals surface area contributed by atoms with E-state index >= 15 is 0 Å². The molecule has 0 atom stereocenters. The van der Waals surface area contributed by atoms with Crippen LogP contribution in [0.3, 0.4) is 0 Å². The number of allylic oxidation sites excluding steroid dienone is 2. The van der Waals surface area contributed by atoms with E-state index in [-0.39, 0.29) is 0 Å². The van der Waals surface area contributed by atoms with Gasteiger partial charge in [-0.3, -0.25) is 0 Å². The maximum atomic E-state index is 11.4. The normalized spacial score (nSPS) is 12.9. The summed E-state index contributed by atoms with van der Waals surface area (Å²) in [4.78, 5) is 0. The molecule has 5 heteroatoms. The molecule has 0 radical (unpaired) electrons. The van der Waals surface area contributed by atoms with E-state index in [0.717, 1.165) is 35.4 Å². The van der Waals surface area contributed by atoms with Crippen molar-refractivity contribution in [3.05, 3.63) is 86.5 Å². The molecule has 0 N–H and O–H groups in total. The summed E-state index contributed by atoms with van der Waals surface area (Å²) in [6.07, 6.45) is 19.0. The summed E-state index contributed by atoms with van der Waals surface area (Å²) in [5.41, 5.74) is 23.8. The van der Waals surface area contributed by atoms with Crippen molar-refractivity contribution in [1.29, 1.82) is 0 Å². The van der Waals surface area contributed by atoms with Crippen LogP contribution in [-0.2, 0) is 30.2 Å². The van der Waals surface area contributed by atoms with Crippen LogP contribution in [0.4, 0.5) is 0 Å². The van der Waals surface area contributed by atoms with Crippen molar-refractivity contribution in [3.8, 4) is 0 Å². The van der Waals surface area contributed by atoms with Gasteiger partial charge in [-0.1, -0.05) is 59.3 Å². The predicted octanol–water partition coefficient (Wildman–Crippen LogP) is 11.9. The molecule has 1 heterocycles. The summed E-state index contributed by atoms with van der Waals surface area (Å²) < 4.78 is 1.42. The van der Waals surface area contributed by atoms with Gasteiger partial charge in [-0.2, -0.15) is 0 Å². The second kappa shape index (κ2) is 18.4. The first-order chi connectivity index (χ1) is 18.8. The Kier molecular flexibility index (Phi) is 16.1. The second-order valence-electron chi connectivity index (χ2n) is 10.8. The van der Waals surface area contributed by atoms with Gasteiger partial charge in [0.2, 0.25) is 11.4 Å². The Morgan fingerprint density at radius 2 is 1.03 bits per heavy atom. The van der Waals surface area contributed by atoms with Crippen LogP contribution in [0.1, 0.15) is 123 Å². The number of rotatable bonds is 14. The average molecular weight is 703 g/mol. The standard InChI is InChI=1S/C34H48N2.2BrH.Ni/c1-7-10-13-16-28-23-31(24-29(17-14-11-8-2)32(28)18-15-12-9-3)34-20-19-33(36(34)35)30-21-25(4)27(6)26(5)22-30;;;/h19-24H,7-18H2,1-6H3;2*1H;/q;;;+2/p-2. The molecule has 0 amide bonds. The number of aryl methyl sites for hydroxylation is 4. The van der Waals surface area contributed by atoms with Crippen molar-refractivity contribution >= 4 is 39.8 Å². The summed E-state index contributed by atoms with van der Waals surface area (Å²) in [5.74, 6) is 0. The Hall–Kier alpha value is -1.03. The molecule has 0 spiro atoms. The Morgan fingerprint density at radius 1 is 0.641 bits per heavy atom. The van der Waals surface area contributed by atoms with Crippen molar-refractivity contribution in [2.45, 2.75) is 119 Å². The molecule has 0 aromatic heterocycles. The zero-order valence-electron chi connectivity index (χ0n) is 24.9. The van der Waals surface area contributed by atoms with Gasteiger partial charge >= 0.3 is 39.3 Å². The molecule has 0 unspecified atom stereocenters. The van der Waals surface area contributed by atoms with E-state index in [4.69, 9.17) is 0 Å². The summed E-state index contributed by atoms with van der Waals surface area (Å²) in [5, 5.41) is 0. The molecule has 2 aromatic rings. The van der Waals surface area contributed by atoms with Gasteiger partial charge in [0.05, 0.1) is 0 Å². The molecule has 2 nitrogen and oxygen atoms in total. The van der Waals surface area contributed by atoms with Crippen LogP contribution in [0.15, 0.2) is 36.4 Å². The summed E-state index contributed by atoms with van der Waals surface area (Å²) in [7, 11) is 1.25. The van der Waals surface area contributed by atoms with Gasteiger partial charge in [-0.05, 0) is 117 Å². The number of hydrogen-bond donors (Lipinski definition) is 0. The van der Waals surface area contributed by atoms with E-state index in [0.29, 0.717) is 0 Å². The molecule has 39 heavy (non-hydrogen) atoms. The van der Waals surface area contributed by atoms with Crippen molar-refractivity contribution in [3.63, 3.8) is 0 Å². The van der Waals surface area contributed by atoms with E-state index in [1.807, 2.05) is 0 Å². The van der Waals surface area contributed by atoms with Crippen LogP contribution < -0.4 is 0 Å². The van der Waals surface area contributed by atoms with Crippen molar-refractivity contribution in [1.82, 2.24) is 0 Å². The number of hydrogen-bond acceptors (Lipinski definition) is 0. The van der Waals surface area contributed by atoms with Crippen molar-refractivity contribution in [2.24, 2.45) is 0 Å². The van der Waals surface area contributed by atoms with Gasteiger partial charge in [0.1, 0.15) is 0 Å². The molecule has 218 valence electrons. The Bertz CT molecular complexity index is 1100. The number of benzene rings is 2. The molecule has 3 rings (SSSR count). The fourth-order valence-electron chi connectivity index (χ4n) is 5.44. The Labute approximate surface area is 259 Å². The van der Waals surface area contributed by atoms with Gasteiger partial charge in [0.25, 0.3) is 0 Å². The number of nitrogens with zero attached hydrogens (tertiary/aromatic N) is 2. The number of halogens is 2. The van der Waals surface area contributed by atoms with Crippen LogP contribution in [0.25, 0.3) is 16.9 Å². The third-order valence-corrected chi connectivity index (χ3v) is 7.94. The molecule has 0 saturated carbocycles. The quantitative estimate of drug-likeness (QED) is 0.106. The van der Waals surface area contributed by atoms with Crippen molar-refractivity contribution < 1.29 is 15.6 Å². The third-order valence-electron chi connectivity index (χ3n) is 7.94. The van der Waals surface area contributed by atoms with Crippen LogP contribution >= 0.6 is 28.5 Å². The minimum atomic E-state index is 0.864. The summed E-state index contributed by atoms with van der Waals surface area (Å²) >= 11 is 6.00. The van der Waals surface area contributed by atoms with E-state index < -0.39 is 0 Å². The molecule has 0 saturated heterocycles. The first-order valence-corrected chi connectivity index (χ1v) is 19.7. The van der Waals surface area contributed by atoms with E-state index in [1.54, 1.807) is 5.56 Å². The van der Waals surface area contributed by atoms with Crippen LogP contribution in [-0.4, -0.2) is 4.70 Å². The van der Waals surface area contributed by atoms with Gasteiger partial charge in [-0.25, -0.2) is 4.70 Å². The predicted molar refractivity (Wildman–Crippen MR) is 174 cm³/mol. The van der Waals surface area contributed by atoms with Crippen molar-refractivity contribution in [2.75, 3.05) is 0 Å². The van der Waals surface area contributed by atoms with Gasteiger partial charge < -0.3 is 5.53 Å². The minimum absolute atomic E-state index is 0.864. The zero-order valence-corrected chi connectivity index (χ0v) is 29.1. The SMILES string of the molecule is CCCCCc1cc(C2=CC=C(c3cc(C)c(C)c(C)c3)[N+]2=[N-])cc(CCCCC)c1CCCCC.[Br][Ni][Br]. The summed E-state index contributed by atoms with van der Waals surface area (Å²) in [6, 6.07) is 9.16. The van der Waals surface area contributed by atoms with Gasteiger partial charge in [-0.15, -0.1) is 0 Å². The first kappa shape index (κ1) is 34.2. The van der Waals surface area contributed by atoms with E-state index in [1.165, 1.54) is 108 Å². The topological polar surface area (TPSA) is 25.3 Å². The van der Waals surface area contributed by atoms with Gasteiger partial charge in [0, 0.05) is 23.3 Å². The molecule has 2 aromatic carbocycles. The monoisotopic (exact) mass is 700 g/mol. The molecule has 0 bridgehead atoms. The second-order valence-corrected chi connectivity index (χ2v) is 15.8. The average Bonchev–Trinajstić information content (AvgIpc) is 3.30. The third kappa shape index (κ3) is 10.1. The fourth-order valence-corrected chi connectivity index (χ4v) is 5.44. The molecular formula is C34H48Br2N2Ni. The zero-order chi connectivity index (χ0) is 28.8. The molecule has 0 fully saturated rings. The van der Waals surface area contributed by atoms with E-state index in [9.17, 15) is 5.53 Å². The molecular weight excluding hydrogens is 655 g/mol. The Morgan fingerprint density at radius 3 is 1.44 bits per heavy atom.